The van der Waals surface area contributed by atoms with Gasteiger partial charge < -0.3 is 0 Å². The zero-order valence-corrected chi connectivity index (χ0v) is 11.3. The normalized spacial score (nSPS) is 28.6. The number of nitriles is 1. The molecule has 16 heavy (non-hydrogen) atoms. The van der Waals surface area contributed by atoms with Gasteiger partial charge in [-0.2, -0.15) is 5.26 Å². The third kappa shape index (κ3) is 2.75. The van der Waals surface area contributed by atoms with E-state index in [4.69, 9.17) is 5.26 Å². The standard InChI is InChI=1S/C13H25N3/c1-6-11(2)16-9-12(7-8-14)15(5)10-13(16,3)4/h11-12H,6-7,9-10H2,1-5H3. The topological polar surface area (TPSA) is 30.3 Å². The minimum absolute atomic E-state index is 0.218. The number of piperazine rings is 1. The Labute approximate surface area is 100 Å². The van der Waals surface area contributed by atoms with Crippen molar-refractivity contribution in [1.29, 1.82) is 5.26 Å². The van der Waals surface area contributed by atoms with E-state index in [-0.39, 0.29) is 5.54 Å². The van der Waals surface area contributed by atoms with Crippen LogP contribution in [0.25, 0.3) is 0 Å². The predicted octanol–water partition coefficient (Wildman–Crippen LogP) is 2.09. The minimum atomic E-state index is 0.218. The van der Waals surface area contributed by atoms with Gasteiger partial charge in [0.25, 0.3) is 0 Å². The van der Waals surface area contributed by atoms with Gasteiger partial charge in [0.2, 0.25) is 0 Å². The summed E-state index contributed by atoms with van der Waals surface area (Å²) in [5.74, 6) is 0. The van der Waals surface area contributed by atoms with E-state index in [1.807, 2.05) is 0 Å². The zero-order valence-electron chi connectivity index (χ0n) is 11.3. The maximum Gasteiger partial charge on any atom is 0.0638 e. The van der Waals surface area contributed by atoms with Crippen LogP contribution in [0.1, 0.15) is 40.5 Å². The summed E-state index contributed by atoms with van der Waals surface area (Å²) in [6.45, 7) is 11.2. The van der Waals surface area contributed by atoms with Crippen LogP contribution in [0.15, 0.2) is 0 Å². The molecule has 92 valence electrons. The molecule has 0 amide bonds. The first kappa shape index (κ1) is 13.5. The van der Waals surface area contributed by atoms with Crippen LogP contribution in [0.5, 0.6) is 0 Å². The Bertz CT molecular complexity index is 267. The van der Waals surface area contributed by atoms with Gasteiger partial charge in [-0.1, -0.05) is 6.92 Å². The Hall–Kier alpha value is -0.590. The maximum atomic E-state index is 8.85. The first-order valence-corrected chi connectivity index (χ1v) is 6.26. The fourth-order valence-corrected chi connectivity index (χ4v) is 2.77. The highest BCUT2D eigenvalue weighted by Gasteiger charge is 2.38. The van der Waals surface area contributed by atoms with Crippen molar-refractivity contribution in [2.75, 3.05) is 20.1 Å². The monoisotopic (exact) mass is 223 g/mol. The second kappa shape index (κ2) is 5.16. The molecule has 0 aromatic carbocycles. The lowest BCUT2D eigenvalue weighted by Crippen LogP contribution is -2.64. The highest BCUT2D eigenvalue weighted by Crippen LogP contribution is 2.27. The molecule has 2 unspecified atom stereocenters. The molecular formula is C13H25N3. The molecule has 1 heterocycles. The first-order chi connectivity index (χ1) is 7.42. The van der Waals surface area contributed by atoms with Crippen molar-refractivity contribution in [2.45, 2.75) is 58.2 Å². The molecule has 3 nitrogen and oxygen atoms in total. The molecule has 0 saturated carbocycles. The molecule has 3 heteroatoms. The molecule has 0 aromatic rings. The van der Waals surface area contributed by atoms with Gasteiger partial charge in [-0.3, -0.25) is 9.80 Å². The molecule has 1 aliphatic rings. The van der Waals surface area contributed by atoms with Gasteiger partial charge in [-0.25, -0.2) is 0 Å². The van der Waals surface area contributed by atoms with Crippen molar-refractivity contribution >= 4 is 0 Å². The largest absolute Gasteiger partial charge is 0.299 e. The Balaban J connectivity index is 2.78. The van der Waals surface area contributed by atoms with Crippen molar-refractivity contribution in [2.24, 2.45) is 0 Å². The summed E-state index contributed by atoms with van der Waals surface area (Å²) in [4.78, 5) is 4.90. The van der Waals surface area contributed by atoms with Crippen molar-refractivity contribution < 1.29 is 0 Å². The second-order valence-electron chi connectivity index (χ2n) is 5.65. The fourth-order valence-electron chi connectivity index (χ4n) is 2.77. The van der Waals surface area contributed by atoms with Crippen LogP contribution >= 0.6 is 0 Å². The Kier molecular flexibility index (Phi) is 4.35. The van der Waals surface area contributed by atoms with Gasteiger partial charge >= 0.3 is 0 Å². The van der Waals surface area contributed by atoms with Crippen LogP contribution in [0.4, 0.5) is 0 Å². The SMILES string of the molecule is CCC(C)N1CC(CC#N)N(C)CC1(C)C. The number of hydrogen-bond donors (Lipinski definition) is 0. The second-order valence-corrected chi connectivity index (χ2v) is 5.65. The van der Waals surface area contributed by atoms with E-state index >= 15 is 0 Å². The lowest BCUT2D eigenvalue weighted by Gasteiger charge is -2.52. The third-order valence-corrected chi connectivity index (χ3v) is 3.89. The minimum Gasteiger partial charge on any atom is -0.299 e. The Morgan fingerprint density at radius 3 is 2.62 bits per heavy atom. The van der Waals surface area contributed by atoms with Gasteiger partial charge in [0.05, 0.1) is 12.5 Å². The Morgan fingerprint density at radius 1 is 1.50 bits per heavy atom. The smallest absolute Gasteiger partial charge is 0.0638 e. The van der Waals surface area contributed by atoms with E-state index in [1.54, 1.807) is 0 Å². The van der Waals surface area contributed by atoms with Crippen molar-refractivity contribution in [3.63, 3.8) is 0 Å². The first-order valence-electron chi connectivity index (χ1n) is 6.26. The van der Waals surface area contributed by atoms with E-state index in [1.165, 1.54) is 6.42 Å². The van der Waals surface area contributed by atoms with Crippen molar-refractivity contribution in [1.82, 2.24) is 9.80 Å². The molecule has 0 radical (unpaired) electrons. The van der Waals surface area contributed by atoms with Crippen LogP contribution in [0, 0.1) is 11.3 Å². The molecule has 1 aliphatic heterocycles. The van der Waals surface area contributed by atoms with Gasteiger partial charge in [0.15, 0.2) is 0 Å². The van der Waals surface area contributed by atoms with E-state index in [0.717, 1.165) is 13.1 Å². The Morgan fingerprint density at radius 2 is 2.12 bits per heavy atom. The van der Waals surface area contributed by atoms with Gasteiger partial charge in [-0.15, -0.1) is 0 Å². The van der Waals surface area contributed by atoms with E-state index < -0.39 is 0 Å². The third-order valence-electron chi connectivity index (χ3n) is 3.89. The van der Waals surface area contributed by atoms with Gasteiger partial charge in [0, 0.05) is 30.7 Å². The summed E-state index contributed by atoms with van der Waals surface area (Å²) in [7, 11) is 2.14. The average Bonchev–Trinajstić information content (AvgIpc) is 2.20. The van der Waals surface area contributed by atoms with Crippen LogP contribution in [0.2, 0.25) is 0 Å². The quantitative estimate of drug-likeness (QED) is 0.734. The van der Waals surface area contributed by atoms with Crippen molar-refractivity contribution in [3.8, 4) is 6.07 Å². The van der Waals surface area contributed by atoms with Gasteiger partial charge in [0.1, 0.15) is 0 Å². The van der Waals surface area contributed by atoms with E-state index in [2.05, 4.69) is 50.6 Å². The average molecular weight is 223 g/mol. The maximum absolute atomic E-state index is 8.85. The summed E-state index contributed by atoms with van der Waals surface area (Å²) in [5, 5.41) is 8.85. The molecule has 0 aromatic heterocycles. The highest BCUT2D eigenvalue weighted by atomic mass is 15.3. The number of rotatable bonds is 3. The molecule has 0 spiro atoms. The van der Waals surface area contributed by atoms with Crippen LogP contribution in [0.3, 0.4) is 0 Å². The number of hydrogen-bond acceptors (Lipinski definition) is 3. The molecule has 1 fully saturated rings. The molecule has 1 rings (SSSR count). The summed E-state index contributed by atoms with van der Waals surface area (Å²) in [6, 6.07) is 3.30. The predicted molar refractivity (Wildman–Crippen MR) is 67.2 cm³/mol. The van der Waals surface area contributed by atoms with Crippen LogP contribution < -0.4 is 0 Å². The molecule has 0 bridgehead atoms. The molecule has 2 atom stereocenters. The highest BCUT2D eigenvalue weighted by molar-refractivity contribution is 4.98. The molecular weight excluding hydrogens is 198 g/mol. The van der Waals surface area contributed by atoms with Crippen molar-refractivity contribution in [3.05, 3.63) is 0 Å². The van der Waals surface area contributed by atoms with Crippen LogP contribution in [-0.2, 0) is 0 Å². The lowest BCUT2D eigenvalue weighted by atomic mass is 9.92. The molecule has 0 aliphatic carbocycles. The summed E-state index contributed by atoms with van der Waals surface area (Å²) in [6.07, 6.45) is 1.81. The summed E-state index contributed by atoms with van der Waals surface area (Å²) in [5.41, 5.74) is 0.218. The summed E-state index contributed by atoms with van der Waals surface area (Å²) >= 11 is 0. The number of likely N-dealkylation sites (N-methyl/N-ethyl adjacent to an activating group) is 1. The zero-order chi connectivity index (χ0) is 12.3. The van der Waals surface area contributed by atoms with E-state index in [9.17, 15) is 0 Å². The van der Waals surface area contributed by atoms with Gasteiger partial charge in [-0.05, 0) is 34.2 Å². The fraction of sp³-hybridized carbons (Fsp3) is 0.923. The van der Waals surface area contributed by atoms with E-state index in [0.29, 0.717) is 18.5 Å². The molecule has 0 N–H and O–H groups in total. The summed E-state index contributed by atoms with van der Waals surface area (Å²) < 4.78 is 0. The number of nitrogens with zero attached hydrogens (tertiary/aromatic N) is 3. The molecule has 1 saturated heterocycles. The van der Waals surface area contributed by atoms with Crippen LogP contribution in [-0.4, -0.2) is 47.6 Å². The lowest BCUT2D eigenvalue weighted by molar-refractivity contribution is -0.0280.